The highest BCUT2D eigenvalue weighted by Crippen LogP contribution is 2.29. The van der Waals surface area contributed by atoms with E-state index >= 15 is 0 Å². The number of hydrogen-bond acceptors (Lipinski definition) is 5. The van der Waals surface area contributed by atoms with Crippen LogP contribution >= 0.6 is 11.6 Å². The van der Waals surface area contributed by atoms with E-state index in [4.69, 9.17) is 21.4 Å². The third-order valence-corrected chi connectivity index (χ3v) is 2.98. The van der Waals surface area contributed by atoms with Crippen molar-refractivity contribution in [2.24, 2.45) is 0 Å². The lowest BCUT2D eigenvalue weighted by atomic mass is 10.0. The summed E-state index contributed by atoms with van der Waals surface area (Å²) in [5.74, 6) is -1.20. The monoisotopic (exact) mass is 344 g/mol. The topological polar surface area (TPSA) is 119 Å². The van der Waals surface area contributed by atoms with E-state index in [9.17, 15) is 19.7 Å². The van der Waals surface area contributed by atoms with Gasteiger partial charge in [0, 0.05) is 22.7 Å². The van der Waals surface area contributed by atoms with Crippen LogP contribution in [0.3, 0.4) is 0 Å². The third-order valence-electron chi connectivity index (χ3n) is 2.64. The molecule has 0 saturated heterocycles. The Morgan fingerprint density at radius 1 is 1.43 bits per heavy atom. The van der Waals surface area contributed by atoms with Gasteiger partial charge in [-0.25, -0.2) is 4.79 Å². The molecule has 8 nitrogen and oxygen atoms in total. The minimum atomic E-state index is -1.20. The molecule has 0 unspecified atom stereocenters. The Balaban J connectivity index is 3.11. The maximum absolute atomic E-state index is 11.9. The molecule has 1 aromatic rings. The lowest BCUT2D eigenvalue weighted by molar-refractivity contribution is -0.384. The molecule has 0 fully saturated rings. The summed E-state index contributed by atoms with van der Waals surface area (Å²) in [5.41, 5.74) is -0.899. The zero-order valence-electron chi connectivity index (χ0n) is 12.8. The molecule has 2 N–H and O–H groups in total. The quantitative estimate of drug-likeness (QED) is 0.624. The molecule has 9 heteroatoms. The fourth-order valence-corrected chi connectivity index (χ4v) is 2.02. The van der Waals surface area contributed by atoms with E-state index in [2.05, 4.69) is 5.32 Å². The number of alkyl carbamates (subject to hydrolysis) is 1. The fraction of sp³-hybridized carbons (Fsp3) is 0.429. The van der Waals surface area contributed by atoms with Gasteiger partial charge in [-0.05, 0) is 26.8 Å². The number of nitro benzene ring substituents is 1. The Kier molecular flexibility index (Phi) is 5.91. The molecule has 0 aliphatic rings. The van der Waals surface area contributed by atoms with Crippen molar-refractivity contribution in [1.82, 2.24) is 5.32 Å². The predicted octanol–water partition coefficient (Wildman–Crippen LogP) is 3.29. The molecule has 0 aliphatic carbocycles. The van der Waals surface area contributed by atoms with Crippen LogP contribution in [0.15, 0.2) is 18.2 Å². The van der Waals surface area contributed by atoms with Crippen LogP contribution in [0, 0.1) is 10.1 Å². The lowest BCUT2D eigenvalue weighted by Gasteiger charge is -2.23. The van der Waals surface area contributed by atoms with Crippen molar-refractivity contribution in [2.75, 3.05) is 0 Å². The van der Waals surface area contributed by atoms with Crippen molar-refractivity contribution in [3.05, 3.63) is 38.9 Å². The van der Waals surface area contributed by atoms with E-state index in [0.29, 0.717) is 0 Å². The summed E-state index contributed by atoms with van der Waals surface area (Å²) in [7, 11) is 0. The number of ether oxygens (including phenoxy) is 1. The minimum absolute atomic E-state index is 0.109. The highest BCUT2D eigenvalue weighted by molar-refractivity contribution is 6.31. The maximum Gasteiger partial charge on any atom is 0.408 e. The van der Waals surface area contributed by atoms with Gasteiger partial charge < -0.3 is 15.2 Å². The summed E-state index contributed by atoms with van der Waals surface area (Å²) in [6.07, 6.45) is -1.34. The molecule has 23 heavy (non-hydrogen) atoms. The lowest BCUT2D eigenvalue weighted by Crippen LogP contribution is -2.36. The Morgan fingerprint density at radius 3 is 2.52 bits per heavy atom. The van der Waals surface area contributed by atoms with Gasteiger partial charge in [0.25, 0.3) is 5.69 Å². The van der Waals surface area contributed by atoms with E-state index in [1.807, 2.05) is 0 Å². The zero-order chi connectivity index (χ0) is 17.8. The maximum atomic E-state index is 11.9. The number of non-ortho nitro benzene ring substituents is 1. The van der Waals surface area contributed by atoms with Crippen LogP contribution < -0.4 is 5.32 Å². The average Bonchev–Trinajstić information content (AvgIpc) is 2.35. The van der Waals surface area contributed by atoms with Gasteiger partial charge in [-0.2, -0.15) is 0 Å². The van der Waals surface area contributed by atoms with Crippen molar-refractivity contribution < 1.29 is 24.4 Å². The molecule has 0 radical (unpaired) electrons. The smallest absolute Gasteiger partial charge is 0.408 e. The Morgan fingerprint density at radius 2 is 2.04 bits per heavy atom. The molecular weight excluding hydrogens is 328 g/mol. The first-order valence-electron chi connectivity index (χ1n) is 6.65. The molecule has 1 rings (SSSR count). The van der Waals surface area contributed by atoms with Gasteiger partial charge >= 0.3 is 12.1 Å². The van der Waals surface area contributed by atoms with Gasteiger partial charge in [0.2, 0.25) is 0 Å². The first-order valence-corrected chi connectivity index (χ1v) is 7.02. The van der Waals surface area contributed by atoms with E-state index in [1.165, 1.54) is 12.1 Å². The van der Waals surface area contributed by atoms with Crippen molar-refractivity contribution in [1.29, 1.82) is 0 Å². The van der Waals surface area contributed by atoms with Gasteiger partial charge in [0.1, 0.15) is 5.60 Å². The van der Waals surface area contributed by atoms with Crippen LogP contribution in [0.1, 0.15) is 38.8 Å². The number of benzene rings is 1. The van der Waals surface area contributed by atoms with Gasteiger partial charge in [-0.1, -0.05) is 11.6 Å². The molecule has 126 valence electrons. The molecule has 0 spiro atoms. The van der Waals surface area contributed by atoms with E-state index in [-0.39, 0.29) is 16.3 Å². The summed E-state index contributed by atoms with van der Waals surface area (Å²) in [5, 5.41) is 22.3. The van der Waals surface area contributed by atoms with Gasteiger partial charge in [-0.15, -0.1) is 0 Å². The third kappa shape index (κ3) is 6.11. The van der Waals surface area contributed by atoms with E-state index in [1.54, 1.807) is 20.8 Å². The molecule has 0 bridgehead atoms. The number of carbonyl (C=O) groups is 2. The number of carboxylic acid groups (broad SMARTS) is 1. The van der Waals surface area contributed by atoms with Gasteiger partial charge in [0.05, 0.1) is 17.4 Å². The van der Waals surface area contributed by atoms with Crippen molar-refractivity contribution in [3.8, 4) is 0 Å². The number of rotatable bonds is 5. The van der Waals surface area contributed by atoms with Crippen LogP contribution in [0.25, 0.3) is 0 Å². The Labute approximate surface area is 137 Å². The fourth-order valence-electron chi connectivity index (χ4n) is 1.77. The SMILES string of the molecule is CC(C)(C)OC(=O)N[C@@H](CC(=O)O)c1cc([N+](=O)[O-])ccc1Cl. The second kappa shape index (κ2) is 7.28. The van der Waals surface area contributed by atoms with Gasteiger partial charge in [-0.3, -0.25) is 14.9 Å². The first-order chi connectivity index (χ1) is 10.5. The largest absolute Gasteiger partial charge is 0.481 e. The van der Waals surface area contributed by atoms with Crippen LogP contribution in [-0.4, -0.2) is 27.7 Å². The summed E-state index contributed by atoms with van der Waals surface area (Å²) in [4.78, 5) is 33.1. The number of nitrogens with one attached hydrogen (secondary N) is 1. The number of amides is 1. The van der Waals surface area contributed by atoms with Crippen molar-refractivity contribution in [3.63, 3.8) is 0 Å². The molecule has 1 atom stereocenters. The number of hydrogen-bond donors (Lipinski definition) is 2. The average molecular weight is 345 g/mol. The number of nitrogens with zero attached hydrogens (tertiary/aromatic N) is 1. The van der Waals surface area contributed by atoms with Crippen LogP contribution in [0.5, 0.6) is 0 Å². The molecule has 0 aliphatic heterocycles. The molecular formula is C14H17ClN2O6. The summed E-state index contributed by atoms with van der Waals surface area (Å²) in [6.45, 7) is 4.96. The van der Waals surface area contributed by atoms with E-state index in [0.717, 1.165) is 6.07 Å². The van der Waals surface area contributed by atoms with Gasteiger partial charge in [0.15, 0.2) is 0 Å². The molecule has 1 aromatic carbocycles. The summed E-state index contributed by atoms with van der Waals surface area (Å²) < 4.78 is 5.07. The Hall–Kier alpha value is -2.35. The predicted molar refractivity (Wildman–Crippen MR) is 82.5 cm³/mol. The first kappa shape index (κ1) is 18.7. The number of aliphatic carboxylic acids is 1. The highest BCUT2D eigenvalue weighted by atomic mass is 35.5. The normalized spacial score (nSPS) is 12.3. The summed E-state index contributed by atoms with van der Waals surface area (Å²) >= 11 is 5.99. The second-order valence-corrected chi connectivity index (χ2v) is 6.17. The van der Waals surface area contributed by atoms with Crippen LogP contribution in [0.4, 0.5) is 10.5 Å². The minimum Gasteiger partial charge on any atom is -0.481 e. The number of carbonyl (C=O) groups excluding carboxylic acids is 1. The second-order valence-electron chi connectivity index (χ2n) is 5.76. The van der Waals surface area contributed by atoms with E-state index < -0.39 is 35.0 Å². The number of halogens is 1. The summed E-state index contributed by atoms with van der Waals surface area (Å²) in [6, 6.07) is 2.54. The van der Waals surface area contributed by atoms with Crippen LogP contribution in [-0.2, 0) is 9.53 Å². The molecule has 1 amide bonds. The Bertz CT molecular complexity index is 626. The standard InChI is InChI=1S/C14H17ClN2O6/c1-14(2,3)23-13(20)16-11(7-12(18)19)9-6-8(17(21)22)4-5-10(9)15/h4-6,11H,7H2,1-3H3,(H,16,20)(H,18,19)/t11-/m0/s1. The highest BCUT2D eigenvalue weighted by Gasteiger charge is 2.25. The zero-order valence-corrected chi connectivity index (χ0v) is 13.6. The van der Waals surface area contributed by atoms with Crippen LogP contribution in [0.2, 0.25) is 5.02 Å². The number of carboxylic acids is 1. The molecule has 0 aromatic heterocycles. The molecule has 0 saturated carbocycles. The van der Waals surface area contributed by atoms with Crippen molar-refractivity contribution in [2.45, 2.75) is 38.8 Å². The van der Waals surface area contributed by atoms with Crippen molar-refractivity contribution >= 4 is 29.4 Å². The number of nitro groups is 1. The molecule has 0 heterocycles.